The second-order valence-electron chi connectivity index (χ2n) is 7.67. The number of methoxy groups -OCH3 is 1. The lowest BCUT2D eigenvalue weighted by Gasteiger charge is -2.32. The Labute approximate surface area is 154 Å². The Bertz CT molecular complexity index is 949. The van der Waals surface area contributed by atoms with Crippen LogP contribution < -0.4 is 10.2 Å². The van der Waals surface area contributed by atoms with Crippen molar-refractivity contribution in [1.82, 2.24) is 9.38 Å². The summed E-state index contributed by atoms with van der Waals surface area (Å²) in [6, 6.07) is 11.9. The van der Waals surface area contributed by atoms with E-state index in [4.69, 9.17) is 19.0 Å². The molecule has 0 aliphatic carbocycles. The van der Waals surface area contributed by atoms with Gasteiger partial charge >= 0.3 is 7.12 Å². The van der Waals surface area contributed by atoms with Crippen molar-refractivity contribution >= 4 is 18.2 Å². The van der Waals surface area contributed by atoms with Crippen molar-refractivity contribution in [2.75, 3.05) is 7.11 Å². The first-order valence-corrected chi connectivity index (χ1v) is 8.78. The number of fused-ring (bicyclic) bond motifs is 1. The maximum atomic E-state index is 6.15. The molecule has 1 aliphatic heterocycles. The molecule has 134 valence electrons. The monoisotopic (exact) mass is 350 g/mol. The summed E-state index contributed by atoms with van der Waals surface area (Å²) in [5.41, 5.74) is 3.06. The number of hydrogen-bond donors (Lipinski definition) is 0. The first kappa shape index (κ1) is 17.1. The van der Waals surface area contributed by atoms with E-state index < -0.39 is 0 Å². The van der Waals surface area contributed by atoms with Crippen LogP contribution in [0.15, 0.2) is 48.8 Å². The molecule has 1 aliphatic rings. The molecule has 0 radical (unpaired) electrons. The highest BCUT2D eigenvalue weighted by Gasteiger charge is 2.51. The summed E-state index contributed by atoms with van der Waals surface area (Å²) in [7, 11) is 1.28. The van der Waals surface area contributed by atoms with Gasteiger partial charge in [0.1, 0.15) is 11.4 Å². The maximum absolute atomic E-state index is 6.15. The molecule has 0 saturated carbocycles. The Kier molecular flexibility index (Phi) is 3.86. The lowest BCUT2D eigenvalue weighted by atomic mass is 9.80. The molecule has 3 heterocycles. The molecule has 0 N–H and O–H groups in total. The quantitative estimate of drug-likeness (QED) is 0.680. The molecule has 6 heteroatoms. The largest absolute Gasteiger partial charge is 0.497 e. The minimum absolute atomic E-state index is 0.354. The third-order valence-corrected chi connectivity index (χ3v) is 5.36. The molecule has 1 fully saturated rings. The number of imidazole rings is 1. The van der Waals surface area contributed by atoms with Crippen LogP contribution in [0.1, 0.15) is 27.7 Å². The lowest BCUT2D eigenvalue weighted by molar-refractivity contribution is 0.00578. The van der Waals surface area contributed by atoms with E-state index in [1.54, 1.807) is 7.11 Å². The van der Waals surface area contributed by atoms with Crippen LogP contribution in [0.5, 0.6) is 5.75 Å². The fraction of sp³-hybridized carbons (Fsp3) is 0.350. The van der Waals surface area contributed by atoms with Gasteiger partial charge in [-0.05, 0) is 51.4 Å². The number of ether oxygens (including phenoxy) is 1. The highest BCUT2D eigenvalue weighted by Crippen LogP contribution is 2.36. The number of aromatic nitrogens is 2. The second kappa shape index (κ2) is 5.86. The first-order valence-electron chi connectivity index (χ1n) is 8.78. The standard InChI is InChI=1S/C20H23BN2O3/c1-19(2)20(3,4)26-21(25-19)15-9-10-18-22-17(13-23(18)12-15)14-7-6-8-16(11-14)24-5/h6-13H,1-5H3. The van der Waals surface area contributed by atoms with Crippen molar-refractivity contribution in [3.63, 3.8) is 0 Å². The van der Waals surface area contributed by atoms with E-state index in [-0.39, 0.29) is 18.3 Å². The SMILES string of the molecule is COc1cccc(-c2cn3cc(B4OC(C)(C)C(C)(C)O4)ccc3n2)c1. The average molecular weight is 350 g/mol. The van der Waals surface area contributed by atoms with Gasteiger partial charge in [-0.1, -0.05) is 18.2 Å². The molecule has 2 aromatic heterocycles. The predicted molar refractivity (Wildman–Crippen MR) is 103 cm³/mol. The molecule has 1 aromatic carbocycles. The van der Waals surface area contributed by atoms with Crippen molar-refractivity contribution in [3.8, 4) is 17.0 Å². The van der Waals surface area contributed by atoms with E-state index in [0.717, 1.165) is 28.1 Å². The van der Waals surface area contributed by atoms with Crippen molar-refractivity contribution < 1.29 is 14.0 Å². The number of nitrogens with zero attached hydrogens (tertiary/aromatic N) is 2. The minimum Gasteiger partial charge on any atom is -0.497 e. The normalized spacial score (nSPS) is 18.4. The molecule has 1 saturated heterocycles. The molecule has 0 unspecified atom stereocenters. The van der Waals surface area contributed by atoms with Gasteiger partial charge in [0.2, 0.25) is 0 Å². The van der Waals surface area contributed by atoms with Gasteiger partial charge < -0.3 is 18.4 Å². The third kappa shape index (κ3) is 2.79. The van der Waals surface area contributed by atoms with Crippen molar-refractivity contribution in [1.29, 1.82) is 0 Å². The number of rotatable bonds is 3. The molecule has 5 nitrogen and oxygen atoms in total. The number of hydrogen-bond acceptors (Lipinski definition) is 4. The van der Waals surface area contributed by atoms with Gasteiger partial charge in [-0.2, -0.15) is 0 Å². The van der Waals surface area contributed by atoms with E-state index in [2.05, 4.69) is 27.7 Å². The van der Waals surface area contributed by atoms with Gasteiger partial charge in [-0.25, -0.2) is 4.98 Å². The summed E-state index contributed by atoms with van der Waals surface area (Å²) in [6.07, 6.45) is 4.03. The third-order valence-electron chi connectivity index (χ3n) is 5.36. The minimum atomic E-state index is -0.382. The summed E-state index contributed by atoms with van der Waals surface area (Å²) in [5, 5.41) is 0. The Balaban J connectivity index is 1.68. The first-order chi connectivity index (χ1) is 12.3. The molecule has 3 aromatic rings. The second-order valence-corrected chi connectivity index (χ2v) is 7.67. The molecule has 0 spiro atoms. The Morgan fingerprint density at radius 2 is 1.73 bits per heavy atom. The van der Waals surface area contributed by atoms with Crippen LogP contribution in [0, 0.1) is 0 Å². The van der Waals surface area contributed by atoms with Crippen molar-refractivity contribution in [2.45, 2.75) is 38.9 Å². The predicted octanol–water partition coefficient (Wildman–Crippen LogP) is 3.31. The summed E-state index contributed by atoms with van der Waals surface area (Å²) in [5.74, 6) is 0.817. The van der Waals surface area contributed by atoms with Crippen LogP contribution in [-0.4, -0.2) is 34.8 Å². The summed E-state index contributed by atoms with van der Waals surface area (Å²) < 4.78 is 19.6. The Morgan fingerprint density at radius 3 is 2.42 bits per heavy atom. The molecule has 0 atom stereocenters. The van der Waals surface area contributed by atoms with Crippen LogP contribution in [0.4, 0.5) is 0 Å². The zero-order valence-corrected chi connectivity index (χ0v) is 15.8. The summed E-state index contributed by atoms with van der Waals surface area (Å²) >= 11 is 0. The van der Waals surface area contributed by atoms with Gasteiger partial charge in [0.25, 0.3) is 0 Å². The number of pyridine rings is 1. The van der Waals surface area contributed by atoms with Gasteiger partial charge in [-0.15, -0.1) is 0 Å². The fourth-order valence-corrected chi connectivity index (χ4v) is 3.05. The molecule has 0 bridgehead atoms. The highest BCUT2D eigenvalue weighted by atomic mass is 16.7. The average Bonchev–Trinajstić information content (AvgIpc) is 3.12. The summed E-state index contributed by atoms with van der Waals surface area (Å²) in [4.78, 5) is 4.71. The Morgan fingerprint density at radius 1 is 1.00 bits per heavy atom. The topological polar surface area (TPSA) is 45.0 Å². The van der Waals surface area contributed by atoms with Crippen molar-refractivity contribution in [3.05, 3.63) is 48.8 Å². The zero-order valence-electron chi connectivity index (χ0n) is 15.8. The smallest absolute Gasteiger partial charge is 0.496 e. The van der Waals surface area contributed by atoms with Gasteiger partial charge in [-0.3, -0.25) is 0 Å². The fourth-order valence-electron chi connectivity index (χ4n) is 3.05. The maximum Gasteiger partial charge on any atom is 0.496 e. The van der Waals surface area contributed by atoms with E-state index in [1.165, 1.54) is 0 Å². The van der Waals surface area contributed by atoms with Gasteiger partial charge in [0, 0.05) is 18.0 Å². The van der Waals surface area contributed by atoms with Gasteiger partial charge in [0.15, 0.2) is 0 Å². The van der Waals surface area contributed by atoms with E-state index >= 15 is 0 Å². The van der Waals surface area contributed by atoms with Crippen molar-refractivity contribution in [2.24, 2.45) is 0 Å². The van der Waals surface area contributed by atoms with Gasteiger partial charge in [0.05, 0.1) is 24.0 Å². The molecule has 4 rings (SSSR count). The van der Waals surface area contributed by atoms with Crippen LogP contribution >= 0.6 is 0 Å². The highest BCUT2D eigenvalue weighted by molar-refractivity contribution is 6.62. The molecular formula is C20H23BN2O3. The Hall–Kier alpha value is -2.31. The van der Waals surface area contributed by atoms with Crippen LogP contribution in [0.2, 0.25) is 0 Å². The molecule has 0 amide bonds. The van der Waals surface area contributed by atoms with E-state index in [0.29, 0.717) is 0 Å². The molecular weight excluding hydrogens is 327 g/mol. The summed E-state index contributed by atoms with van der Waals surface area (Å²) in [6.45, 7) is 8.24. The van der Waals surface area contributed by atoms with E-state index in [9.17, 15) is 0 Å². The van der Waals surface area contributed by atoms with Crippen LogP contribution in [0.25, 0.3) is 16.9 Å². The lowest BCUT2D eigenvalue weighted by Crippen LogP contribution is -2.41. The number of benzene rings is 1. The van der Waals surface area contributed by atoms with Crippen LogP contribution in [-0.2, 0) is 9.31 Å². The molecule has 26 heavy (non-hydrogen) atoms. The van der Waals surface area contributed by atoms with Crippen LogP contribution in [0.3, 0.4) is 0 Å². The van der Waals surface area contributed by atoms with E-state index in [1.807, 2.05) is 53.2 Å². The zero-order chi connectivity index (χ0) is 18.5.